The van der Waals surface area contributed by atoms with Crippen molar-refractivity contribution in [2.24, 2.45) is 5.73 Å². The van der Waals surface area contributed by atoms with Gasteiger partial charge in [-0.25, -0.2) is 0 Å². The summed E-state index contributed by atoms with van der Waals surface area (Å²) < 4.78 is 0. The van der Waals surface area contributed by atoms with Crippen LogP contribution in [0.2, 0.25) is 0 Å². The average molecular weight is 151 g/mol. The molecule has 0 amide bonds. The van der Waals surface area contributed by atoms with Crippen LogP contribution in [0.4, 0.5) is 0 Å². The van der Waals surface area contributed by atoms with Gasteiger partial charge in [0.2, 0.25) is 0 Å². The Morgan fingerprint density at radius 2 is 1.83 bits per heavy atom. The molecule has 0 bridgehead atoms. The fourth-order valence-electron chi connectivity index (χ4n) is 0. The molecular weight excluding hydrogens is 144 g/mol. The standard InChI is InChI=1S/C2H7NO.ClH.Mn/c1-2(3)4;;/h2,4H,3H2,1H3;1H;/q;;+1/p-1. The van der Waals surface area contributed by atoms with Crippen molar-refractivity contribution in [1.82, 2.24) is 0 Å². The van der Waals surface area contributed by atoms with Crippen LogP contribution < -0.4 is 5.73 Å². The van der Waals surface area contributed by atoms with Crippen LogP contribution in [0.3, 0.4) is 0 Å². The Kier molecular flexibility index (Phi) is 15.2. The van der Waals surface area contributed by atoms with Gasteiger partial charge in [-0.2, -0.15) is 0 Å². The van der Waals surface area contributed by atoms with Gasteiger partial charge in [-0.15, -0.1) is 0 Å². The second kappa shape index (κ2) is 9.21. The fraction of sp³-hybridized carbons (Fsp3) is 1.00. The van der Waals surface area contributed by atoms with Gasteiger partial charge in [0.15, 0.2) is 0 Å². The van der Waals surface area contributed by atoms with Crippen molar-refractivity contribution in [1.29, 1.82) is 0 Å². The number of aliphatic hydroxyl groups is 1. The second-order valence-electron chi connectivity index (χ2n) is 0.741. The molecule has 0 aliphatic carbocycles. The molecule has 0 rings (SSSR count). The molecule has 0 aromatic heterocycles. The number of hydrogen-bond donors (Lipinski definition) is 2. The Labute approximate surface area is 49.7 Å². The van der Waals surface area contributed by atoms with Crippen LogP contribution >= 0.6 is 10.1 Å². The zero-order valence-corrected chi connectivity index (χ0v) is 5.29. The SMILES string of the molecule is CC(N)O.[Cl][Mn]. The van der Waals surface area contributed by atoms with Gasteiger partial charge >= 0.3 is 25.2 Å². The maximum atomic E-state index is 7.83. The molecule has 0 fully saturated rings. The van der Waals surface area contributed by atoms with Crippen LogP contribution in [0.15, 0.2) is 0 Å². The van der Waals surface area contributed by atoms with E-state index in [1.165, 1.54) is 6.92 Å². The molecule has 0 saturated heterocycles. The summed E-state index contributed by atoms with van der Waals surface area (Å²) in [6.07, 6.45) is -0.667. The summed E-state index contributed by atoms with van der Waals surface area (Å²) in [4.78, 5) is 0. The van der Waals surface area contributed by atoms with E-state index in [0.717, 1.165) is 0 Å². The number of rotatable bonds is 0. The molecule has 0 aromatic rings. The molecule has 4 heteroatoms. The Hall–Kier alpha value is 0.729. The molecule has 3 N–H and O–H groups in total. The third kappa shape index (κ3) is 124. The van der Waals surface area contributed by atoms with E-state index in [1.807, 2.05) is 0 Å². The molecule has 0 heterocycles. The summed E-state index contributed by atoms with van der Waals surface area (Å²) in [5, 5.41) is 7.83. The first-order valence-electron chi connectivity index (χ1n) is 1.31. The zero-order valence-electron chi connectivity index (χ0n) is 3.36. The van der Waals surface area contributed by atoms with E-state index in [2.05, 4.69) is 30.9 Å². The van der Waals surface area contributed by atoms with E-state index < -0.39 is 6.23 Å². The van der Waals surface area contributed by atoms with Gasteiger partial charge in [0.1, 0.15) is 0 Å². The molecule has 6 heavy (non-hydrogen) atoms. The van der Waals surface area contributed by atoms with Crippen LogP contribution in [0.1, 0.15) is 6.92 Å². The van der Waals surface area contributed by atoms with Gasteiger partial charge < -0.3 is 10.8 Å². The Bertz CT molecular complexity index is 18.3. The first kappa shape index (κ1) is 9.88. The first-order valence-corrected chi connectivity index (χ1v) is 2.94. The predicted octanol–water partition coefficient (Wildman–Crippen LogP) is -0.0296. The molecule has 0 radical (unpaired) electrons. The van der Waals surface area contributed by atoms with E-state index in [0.29, 0.717) is 0 Å². The number of aliphatic hydroxyl groups excluding tert-OH is 1. The molecular formula is C2H7ClMnNO. The van der Waals surface area contributed by atoms with E-state index in [4.69, 9.17) is 5.11 Å². The predicted molar refractivity (Wildman–Crippen MR) is 21.7 cm³/mol. The van der Waals surface area contributed by atoms with Crippen molar-refractivity contribution < 1.29 is 20.2 Å². The summed E-state index contributed by atoms with van der Waals surface area (Å²) >= 11 is 2.41. The van der Waals surface area contributed by atoms with Crippen LogP contribution in [0.25, 0.3) is 0 Å². The summed E-state index contributed by atoms with van der Waals surface area (Å²) in [5.74, 6) is 0. The number of hydrogen-bond acceptors (Lipinski definition) is 2. The zero-order chi connectivity index (χ0) is 5.58. The van der Waals surface area contributed by atoms with E-state index in [-0.39, 0.29) is 0 Å². The average Bonchev–Trinajstić information content (AvgIpc) is 1.41. The minimum atomic E-state index is -0.667. The summed E-state index contributed by atoms with van der Waals surface area (Å²) in [6.45, 7) is 1.50. The molecule has 0 spiro atoms. The van der Waals surface area contributed by atoms with Gasteiger partial charge in [0, 0.05) is 0 Å². The molecule has 0 aliphatic heterocycles. The summed E-state index contributed by atoms with van der Waals surface area (Å²) in [6, 6.07) is 0. The minimum absolute atomic E-state index is 0.667. The van der Waals surface area contributed by atoms with Crippen LogP contribution in [-0.2, 0) is 15.1 Å². The van der Waals surface area contributed by atoms with Gasteiger partial charge in [0.25, 0.3) is 0 Å². The Morgan fingerprint density at radius 3 is 1.83 bits per heavy atom. The topological polar surface area (TPSA) is 46.2 Å². The van der Waals surface area contributed by atoms with Crippen molar-refractivity contribution in [3.05, 3.63) is 0 Å². The van der Waals surface area contributed by atoms with Crippen molar-refractivity contribution in [2.45, 2.75) is 13.2 Å². The van der Waals surface area contributed by atoms with Crippen molar-refractivity contribution in [2.75, 3.05) is 0 Å². The van der Waals surface area contributed by atoms with Crippen molar-refractivity contribution in [3.63, 3.8) is 0 Å². The summed E-state index contributed by atoms with van der Waals surface area (Å²) in [7, 11) is 4.45. The Balaban J connectivity index is 0. The molecule has 40 valence electrons. The van der Waals surface area contributed by atoms with Gasteiger partial charge in [0.05, 0.1) is 6.23 Å². The molecule has 0 aromatic carbocycles. The number of halogens is 1. The third-order valence-electron chi connectivity index (χ3n) is 0. The maximum absolute atomic E-state index is 7.83. The van der Waals surface area contributed by atoms with Crippen molar-refractivity contribution >= 4 is 10.1 Å². The van der Waals surface area contributed by atoms with E-state index in [1.54, 1.807) is 0 Å². The van der Waals surface area contributed by atoms with Crippen molar-refractivity contribution in [3.8, 4) is 0 Å². The molecule has 2 nitrogen and oxygen atoms in total. The monoisotopic (exact) mass is 151 g/mol. The fourth-order valence-corrected chi connectivity index (χ4v) is 0. The van der Waals surface area contributed by atoms with Gasteiger partial charge in [-0.05, 0) is 6.92 Å². The molecule has 0 aliphatic rings. The van der Waals surface area contributed by atoms with Crippen LogP contribution in [0.5, 0.6) is 0 Å². The van der Waals surface area contributed by atoms with E-state index in [9.17, 15) is 0 Å². The third-order valence-corrected chi connectivity index (χ3v) is 0. The molecule has 0 saturated carbocycles. The number of nitrogens with two attached hydrogens (primary N) is 1. The normalized spacial score (nSPS) is 11.5. The second-order valence-corrected chi connectivity index (χ2v) is 0.741. The summed E-state index contributed by atoms with van der Waals surface area (Å²) in [5.41, 5.74) is 4.67. The molecule has 1 unspecified atom stereocenters. The van der Waals surface area contributed by atoms with Gasteiger partial charge in [-0.3, -0.25) is 0 Å². The van der Waals surface area contributed by atoms with Gasteiger partial charge in [-0.1, -0.05) is 0 Å². The quantitative estimate of drug-likeness (QED) is 0.377. The Morgan fingerprint density at radius 1 is 1.83 bits per heavy atom. The molecule has 1 atom stereocenters. The first-order chi connectivity index (χ1) is 2.73. The van der Waals surface area contributed by atoms with E-state index >= 15 is 0 Å². The van der Waals surface area contributed by atoms with Crippen LogP contribution in [0, 0.1) is 0 Å². The van der Waals surface area contributed by atoms with Crippen LogP contribution in [-0.4, -0.2) is 11.3 Å².